The third kappa shape index (κ3) is 3.27. The maximum absolute atomic E-state index is 4.87. The molecule has 0 radical (unpaired) electrons. The van der Waals surface area contributed by atoms with Gasteiger partial charge in [0.15, 0.2) is 0 Å². The van der Waals surface area contributed by atoms with Crippen LogP contribution >= 0.6 is 11.8 Å². The number of rotatable bonds is 4. The van der Waals surface area contributed by atoms with Gasteiger partial charge in [0.1, 0.15) is 11.6 Å². The Morgan fingerprint density at radius 2 is 1.85 bits per heavy atom. The molecule has 1 aromatic heterocycles. The Kier molecular flexibility index (Phi) is 4.81. The molecule has 1 aromatic rings. The summed E-state index contributed by atoms with van der Waals surface area (Å²) in [7, 11) is 1.99. The van der Waals surface area contributed by atoms with Crippen LogP contribution in [0.2, 0.25) is 0 Å². The van der Waals surface area contributed by atoms with Crippen molar-refractivity contribution >= 4 is 17.6 Å². The summed E-state index contributed by atoms with van der Waals surface area (Å²) in [4.78, 5) is 9.63. The molecular weight excluding hydrogens is 266 g/mol. The van der Waals surface area contributed by atoms with Crippen LogP contribution in [0.1, 0.15) is 62.0 Å². The number of fused-ring (bicyclic) bond motifs is 1. The molecule has 4 heteroatoms. The number of aryl methyl sites for hydroxylation is 1. The Bertz CT molecular complexity index is 455. The molecule has 3 nitrogen and oxygen atoms in total. The molecule has 3 rings (SSSR count). The maximum Gasteiger partial charge on any atom is 0.140 e. The van der Waals surface area contributed by atoms with Gasteiger partial charge in [-0.25, -0.2) is 9.97 Å². The summed E-state index contributed by atoms with van der Waals surface area (Å²) in [5.41, 5.74) is 2.68. The number of anilines is 1. The average molecular weight is 291 g/mol. The van der Waals surface area contributed by atoms with Gasteiger partial charge in [-0.2, -0.15) is 11.8 Å². The smallest absolute Gasteiger partial charge is 0.140 e. The van der Waals surface area contributed by atoms with Crippen LogP contribution in [0.25, 0.3) is 0 Å². The monoisotopic (exact) mass is 291 g/mol. The van der Waals surface area contributed by atoms with Gasteiger partial charge in [0.05, 0.1) is 5.75 Å². The van der Waals surface area contributed by atoms with Crippen molar-refractivity contribution in [3.63, 3.8) is 0 Å². The molecule has 110 valence electrons. The number of hydrogen-bond donors (Lipinski definition) is 1. The van der Waals surface area contributed by atoms with Gasteiger partial charge in [-0.15, -0.1) is 0 Å². The lowest BCUT2D eigenvalue weighted by Crippen LogP contribution is -2.09. The van der Waals surface area contributed by atoms with E-state index < -0.39 is 0 Å². The van der Waals surface area contributed by atoms with Crippen LogP contribution in [-0.2, 0) is 18.6 Å². The third-order valence-corrected chi connectivity index (χ3v) is 5.83. The van der Waals surface area contributed by atoms with Gasteiger partial charge in [0.25, 0.3) is 0 Å². The summed E-state index contributed by atoms with van der Waals surface area (Å²) in [6, 6.07) is 0. The Morgan fingerprint density at radius 1 is 1.05 bits per heavy atom. The van der Waals surface area contributed by atoms with Gasteiger partial charge in [-0.3, -0.25) is 0 Å². The molecule has 1 N–H and O–H groups in total. The first-order valence-corrected chi connectivity index (χ1v) is 9.09. The lowest BCUT2D eigenvalue weighted by molar-refractivity contribution is 0.708. The Balaban J connectivity index is 1.75. The van der Waals surface area contributed by atoms with Crippen LogP contribution < -0.4 is 5.32 Å². The molecule has 0 saturated heterocycles. The predicted octanol–water partition coefficient (Wildman–Crippen LogP) is 3.96. The number of hydrogen-bond acceptors (Lipinski definition) is 4. The highest BCUT2D eigenvalue weighted by Crippen LogP contribution is 2.32. The van der Waals surface area contributed by atoms with E-state index >= 15 is 0 Å². The van der Waals surface area contributed by atoms with E-state index in [1.54, 1.807) is 0 Å². The molecule has 1 saturated carbocycles. The third-order valence-electron chi connectivity index (χ3n) is 4.47. The lowest BCUT2D eigenvalue weighted by Gasteiger charge is -2.14. The molecule has 0 amide bonds. The van der Waals surface area contributed by atoms with Crippen molar-refractivity contribution in [3.8, 4) is 0 Å². The molecule has 1 heterocycles. The Hall–Kier alpha value is -0.770. The molecule has 1 fully saturated rings. The van der Waals surface area contributed by atoms with Gasteiger partial charge in [-0.1, -0.05) is 19.3 Å². The Labute approximate surface area is 126 Å². The number of nitrogens with zero attached hydrogens (tertiary/aromatic N) is 2. The highest BCUT2D eigenvalue weighted by molar-refractivity contribution is 7.99. The van der Waals surface area contributed by atoms with E-state index in [0.717, 1.165) is 35.5 Å². The fraction of sp³-hybridized carbons (Fsp3) is 0.750. The minimum atomic E-state index is 0.843. The van der Waals surface area contributed by atoms with Crippen LogP contribution in [0.3, 0.4) is 0 Å². The van der Waals surface area contributed by atoms with Crippen LogP contribution in [0.5, 0.6) is 0 Å². The second kappa shape index (κ2) is 6.79. The van der Waals surface area contributed by atoms with Crippen molar-refractivity contribution in [3.05, 3.63) is 17.1 Å². The molecule has 0 bridgehead atoms. The molecular formula is C16H25N3S. The molecule has 2 aliphatic rings. The van der Waals surface area contributed by atoms with E-state index in [9.17, 15) is 0 Å². The van der Waals surface area contributed by atoms with E-state index in [-0.39, 0.29) is 0 Å². The van der Waals surface area contributed by atoms with Gasteiger partial charge in [0.2, 0.25) is 0 Å². The first kappa shape index (κ1) is 14.2. The summed E-state index contributed by atoms with van der Waals surface area (Å²) in [5, 5.41) is 4.13. The highest BCUT2D eigenvalue weighted by Gasteiger charge is 2.19. The standard InChI is InChI=1S/C16H25N3S/c1-17-16-13-9-3-2-4-10-14(13)18-15(19-16)11-20-12-7-5-6-8-12/h12H,2-11H2,1H3,(H,17,18,19). The largest absolute Gasteiger partial charge is 0.373 e. The van der Waals surface area contributed by atoms with E-state index in [0.29, 0.717) is 0 Å². The highest BCUT2D eigenvalue weighted by atomic mass is 32.2. The van der Waals surface area contributed by atoms with Gasteiger partial charge in [-0.05, 0) is 38.5 Å². The molecule has 0 unspecified atom stereocenters. The molecule has 0 atom stereocenters. The topological polar surface area (TPSA) is 37.8 Å². The summed E-state index contributed by atoms with van der Waals surface area (Å²) >= 11 is 2.06. The first-order chi connectivity index (χ1) is 9.86. The average Bonchev–Trinajstić information content (AvgIpc) is 2.88. The van der Waals surface area contributed by atoms with E-state index in [1.807, 2.05) is 7.05 Å². The van der Waals surface area contributed by atoms with Gasteiger partial charge in [0, 0.05) is 23.6 Å². The van der Waals surface area contributed by atoms with Crippen molar-refractivity contribution < 1.29 is 0 Å². The molecule has 0 aliphatic heterocycles. The maximum atomic E-state index is 4.87. The van der Waals surface area contributed by atoms with Crippen LogP contribution in [0.4, 0.5) is 5.82 Å². The fourth-order valence-corrected chi connectivity index (χ4v) is 4.52. The van der Waals surface area contributed by atoms with Crippen LogP contribution in [0.15, 0.2) is 0 Å². The first-order valence-electron chi connectivity index (χ1n) is 8.05. The van der Waals surface area contributed by atoms with Gasteiger partial charge >= 0.3 is 0 Å². The van der Waals surface area contributed by atoms with E-state index in [2.05, 4.69) is 17.1 Å². The van der Waals surface area contributed by atoms with Crippen LogP contribution in [0, 0.1) is 0 Å². The van der Waals surface area contributed by atoms with Crippen molar-refractivity contribution in [1.29, 1.82) is 0 Å². The number of nitrogens with one attached hydrogen (secondary N) is 1. The Morgan fingerprint density at radius 3 is 2.65 bits per heavy atom. The zero-order valence-electron chi connectivity index (χ0n) is 12.5. The fourth-order valence-electron chi connectivity index (χ4n) is 3.34. The van der Waals surface area contributed by atoms with Crippen molar-refractivity contribution in [2.45, 2.75) is 68.8 Å². The molecule has 20 heavy (non-hydrogen) atoms. The second-order valence-electron chi connectivity index (χ2n) is 5.94. The normalized spacial score (nSPS) is 19.6. The minimum Gasteiger partial charge on any atom is -0.373 e. The zero-order valence-corrected chi connectivity index (χ0v) is 13.3. The summed E-state index contributed by atoms with van der Waals surface area (Å²) in [6.07, 6.45) is 11.7. The molecule has 0 spiro atoms. The summed E-state index contributed by atoms with van der Waals surface area (Å²) in [6.45, 7) is 0. The molecule has 0 aromatic carbocycles. The minimum absolute atomic E-state index is 0.843. The predicted molar refractivity (Wildman–Crippen MR) is 86.4 cm³/mol. The lowest BCUT2D eigenvalue weighted by atomic mass is 10.1. The van der Waals surface area contributed by atoms with E-state index in [1.165, 1.54) is 56.2 Å². The summed E-state index contributed by atoms with van der Waals surface area (Å²) < 4.78 is 0. The van der Waals surface area contributed by atoms with E-state index in [4.69, 9.17) is 9.97 Å². The number of thioether (sulfide) groups is 1. The zero-order chi connectivity index (χ0) is 13.8. The SMILES string of the molecule is CNc1nc(CSC2CCCC2)nc2c1CCCCC2. The molecule has 2 aliphatic carbocycles. The van der Waals surface area contributed by atoms with Gasteiger partial charge < -0.3 is 5.32 Å². The van der Waals surface area contributed by atoms with Crippen molar-refractivity contribution in [2.24, 2.45) is 0 Å². The van der Waals surface area contributed by atoms with Crippen molar-refractivity contribution in [2.75, 3.05) is 12.4 Å². The second-order valence-corrected chi connectivity index (χ2v) is 7.23. The quantitative estimate of drug-likeness (QED) is 0.852. The summed E-state index contributed by atoms with van der Waals surface area (Å²) in [5.74, 6) is 3.10. The van der Waals surface area contributed by atoms with Crippen LogP contribution in [-0.4, -0.2) is 22.3 Å². The number of aromatic nitrogens is 2. The van der Waals surface area contributed by atoms with Crippen molar-refractivity contribution in [1.82, 2.24) is 9.97 Å².